The third kappa shape index (κ3) is 14.2. The van der Waals surface area contributed by atoms with Gasteiger partial charge < -0.3 is 18.9 Å². The summed E-state index contributed by atoms with van der Waals surface area (Å²) in [7, 11) is 1.51. The molecule has 0 aromatic carbocycles. The van der Waals surface area contributed by atoms with E-state index in [4.69, 9.17) is 18.5 Å². The quantitative estimate of drug-likeness (QED) is 0.121. The summed E-state index contributed by atoms with van der Waals surface area (Å²) in [6, 6.07) is 0. The van der Waals surface area contributed by atoms with E-state index >= 15 is 0 Å². The predicted molar refractivity (Wildman–Crippen MR) is 99.6 cm³/mol. The third-order valence-corrected chi connectivity index (χ3v) is 4.09. The molecule has 2 unspecified atom stereocenters. The largest absolute Gasteiger partial charge is 0.472 e. The molecule has 26 heavy (non-hydrogen) atoms. The number of hydrogen-bond acceptors (Lipinski definition) is 6. The van der Waals surface area contributed by atoms with E-state index in [1.807, 2.05) is 40.2 Å². The van der Waals surface area contributed by atoms with E-state index in [9.17, 15) is 14.3 Å². The zero-order valence-electron chi connectivity index (χ0n) is 16.5. The molecule has 2 atom stereocenters. The summed E-state index contributed by atoms with van der Waals surface area (Å²) in [6.45, 7) is 7.64. The first-order valence-corrected chi connectivity index (χ1v) is 9.94. The fraction of sp³-hybridized carbons (Fsp3) is 0.706. The normalized spacial score (nSPS) is 15.6. The summed E-state index contributed by atoms with van der Waals surface area (Å²) < 4.78 is 33.2. The molecular formula is C17H33NO7P+. The van der Waals surface area contributed by atoms with Crippen LogP contribution in [0.3, 0.4) is 0 Å². The van der Waals surface area contributed by atoms with Crippen LogP contribution >= 0.6 is 7.82 Å². The van der Waals surface area contributed by atoms with Crippen molar-refractivity contribution in [1.29, 1.82) is 0 Å². The van der Waals surface area contributed by atoms with Crippen LogP contribution in [0.15, 0.2) is 24.3 Å². The molecule has 0 heterocycles. The number of rotatable bonds is 14. The molecule has 0 aromatic heterocycles. The Morgan fingerprint density at radius 2 is 1.92 bits per heavy atom. The molecule has 0 saturated heterocycles. The SMILES string of the molecule is C=C(C)C(=O)OCC(COCC/C=C/C)OP(=O)(O)OCC[N+](C)(C)C. The van der Waals surface area contributed by atoms with Gasteiger partial charge in [-0.2, -0.15) is 0 Å². The highest BCUT2D eigenvalue weighted by Crippen LogP contribution is 2.44. The van der Waals surface area contributed by atoms with Gasteiger partial charge in [0.25, 0.3) is 0 Å². The zero-order chi connectivity index (χ0) is 20.2. The summed E-state index contributed by atoms with van der Waals surface area (Å²) >= 11 is 0. The van der Waals surface area contributed by atoms with Gasteiger partial charge in [0.15, 0.2) is 0 Å². The lowest BCUT2D eigenvalue weighted by Crippen LogP contribution is -2.37. The molecule has 0 amide bonds. The van der Waals surface area contributed by atoms with Crippen molar-refractivity contribution in [1.82, 2.24) is 0 Å². The van der Waals surface area contributed by atoms with Gasteiger partial charge in [-0.25, -0.2) is 9.36 Å². The van der Waals surface area contributed by atoms with Crippen LogP contribution in [0.4, 0.5) is 0 Å². The minimum atomic E-state index is -4.30. The Bertz CT molecular complexity index is 514. The van der Waals surface area contributed by atoms with Crippen LogP contribution in [-0.2, 0) is 27.9 Å². The van der Waals surface area contributed by atoms with Gasteiger partial charge in [0, 0.05) is 5.57 Å². The first-order valence-electron chi connectivity index (χ1n) is 8.44. The number of esters is 1. The van der Waals surface area contributed by atoms with Gasteiger partial charge in [-0.3, -0.25) is 9.05 Å². The number of phosphoric acid groups is 1. The van der Waals surface area contributed by atoms with Gasteiger partial charge in [-0.1, -0.05) is 18.7 Å². The van der Waals surface area contributed by atoms with Gasteiger partial charge in [0.2, 0.25) is 0 Å². The maximum atomic E-state index is 12.1. The standard InChI is InChI=1S/C17H32NO7P/c1-7-8-9-11-22-13-16(14-23-17(19)15(2)3)25-26(20,21)24-12-10-18(4,5)6/h7-8,16H,2,9-14H2,1,3-6H3/p+1/b8-7+. The van der Waals surface area contributed by atoms with Gasteiger partial charge in [0.05, 0.1) is 34.4 Å². The monoisotopic (exact) mass is 394 g/mol. The van der Waals surface area contributed by atoms with E-state index in [0.717, 1.165) is 0 Å². The van der Waals surface area contributed by atoms with Crippen LogP contribution < -0.4 is 0 Å². The lowest BCUT2D eigenvalue weighted by atomic mass is 10.3. The zero-order valence-corrected chi connectivity index (χ0v) is 17.4. The molecule has 0 spiro atoms. The molecule has 0 bridgehead atoms. The third-order valence-electron chi connectivity index (χ3n) is 3.02. The predicted octanol–water partition coefficient (Wildman–Crippen LogP) is 2.30. The van der Waals surface area contributed by atoms with Crippen LogP contribution in [0, 0.1) is 0 Å². The average molecular weight is 394 g/mol. The van der Waals surface area contributed by atoms with Crippen molar-refractivity contribution >= 4 is 13.8 Å². The molecule has 0 aliphatic heterocycles. The summed E-state index contributed by atoms with van der Waals surface area (Å²) in [5, 5.41) is 0. The van der Waals surface area contributed by atoms with Crippen molar-refractivity contribution in [2.24, 2.45) is 0 Å². The number of carbonyl (C=O) groups is 1. The van der Waals surface area contributed by atoms with E-state index in [0.29, 0.717) is 24.1 Å². The van der Waals surface area contributed by atoms with Gasteiger partial charge in [-0.05, 0) is 20.3 Å². The molecule has 0 saturated carbocycles. The molecule has 0 aliphatic rings. The van der Waals surface area contributed by atoms with Crippen LogP contribution in [-0.4, -0.2) is 75.6 Å². The smallest absolute Gasteiger partial charge is 0.459 e. The first kappa shape index (κ1) is 25.0. The van der Waals surface area contributed by atoms with E-state index in [-0.39, 0.29) is 25.4 Å². The number of quaternary nitrogens is 1. The van der Waals surface area contributed by atoms with Crippen LogP contribution in [0.2, 0.25) is 0 Å². The van der Waals surface area contributed by atoms with Crippen LogP contribution in [0.5, 0.6) is 0 Å². The van der Waals surface area contributed by atoms with Gasteiger partial charge >= 0.3 is 13.8 Å². The summed E-state index contributed by atoms with van der Waals surface area (Å²) in [4.78, 5) is 21.4. The highest BCUT2D eigenvalue weighted by Gasteiger charge is 2.28. The Morgan fingerprint density at radius 1 is 1.27 bits per heavy atom. The minimum absolute atomic E-state index is 0.00965. The molecule has 152 valence electrons. The van der Waals surface area contributed by atoms with Crippen molar-refractivity contribution in [3.05, 3.63) is 24.3 Å². The second-order valence-electron chi connectivity index (χ2n) is 6.85. The molecule has 0 rings (SSSR count). The summed E-state index contributed by atoms with van der Waals surface area (Å²) in [6.07, 6.45) is 3.60. The number of likely N-dealkylation sites (N-methyl/N-ethyl adjacent to an activating group) is 1. The summed E-state index contributed by atoms with van der Waals surface area (Å²) in [5.74, 6) is -0.605. The number of ether oxygens (including phenoxy) is 2. The van der Waals surface area contributed by atoms with Crippen molar-refractivity contribution in [2.45, 2.75) is 26.4 Å². The Balaban J connectivity index is 4.61. The number of nitrogens with zero attached hydrogens (tertiary/aromatic N) is 1. The Labute approximate surface area is 156 Å². The minimum Gasteiger partial charge on any atom is -0.459 e. The molecule has 0 fully saturated rings. The highest BCUT2D eigenvalue weighted by molar-refractivity contribution is 7.47. The molecule has 0 aromatic rings. The Morgan fingerprint density at radius 3 is 2.46 bits per heavy atom. The topological polar surface area (TPSA) is 91.3 Å². The van der Waals surface area contributed by atoms with E-state index in [2.05, 4.69) is 6.58 Å². The maximum absolute atomic E-state index is 12.1. The molecule has 9 heteroatoms. The van der Waals surface area contributed by atoms with Crippen molar-refractivity contribution < 1.29 is 37.3 Å². The highest BCUT2D eigenvalue weighted by atomic mass is 31.2. The van der Waals surface area contributed by atoms with Crippen molar-refractivity contribution in [3.63, 3.8) is 0 Å². The number of phosphoric ester groups is 1. The Hall–Kier alpha value is -1.02. The average Bonchev–Trinajstić information content (AvgIpc) is 2.49. The molecule has 0 aliphatic carbocycles. The molecular weight excluding hydrogens is 361 g/mol. The van der Waals surface area contributed by atoms with E-state index in [1.165, 1.54) is 6.92 Å². The van der Waals surface area contributed by atoms with Crippen LogP contribution in [0.25, 0.3) is 0 Å². The molecule has 0 radical (unpaired) electrons. The van der Waals surface area contributed by atoms with Crippen molar-refractivity contribution in [3.8, 4) is 0 Å². The number of carbonyl (C=O) groups excluding carboxylic acids is 1. The van der Waals surface area contributed by atoms with Crippen LogP contribution in [0.1, 0.15) is 20.3 Å². The lowest BCUT2D eigenvalue weighted by Gasteiger charge is -2.25. The second-order valence-corrected chi connectivity index (χ2v) is 8.26. The van der Waals surface area contributed by atoms with E-state index < -0.39 is 19.9 Å². The van der Waals surface area contributed by atoms with Gasteiger partial charge in [-0.15, -0.1) is 0 Å². The Kier molecular flexibility index (Phi) is 11.9. The van der Waals surface area contributed by atoms with E-state index in [1.54, 1.807) is 0 Å². The molecule has 1 N–H and O–H groups in total. The second kappa shape index (κ2) is 12.4. The molecule has 8 nitrogen and oxygen atoms in total. The number of hydrogen-bond donors (Lipinski definition) is 1. The summed E-state index contributed by atoms with van der Waals surface area (Å²) in [5.41, 5.74) is 0.226. The fourth-order valence-corrected chi connectivity index (χ4v) is 2.45. The first-order chi connectivity index (χ1) is 12.0. The lowest BCUT2D eigenvalue weighted by molar-refractivity contribution is -0.870. The maximum Gasteiger partial charge on any atom is 0.472 e. The fourth-order valence-electron chi connectivity index (χ4n) is 1.58. The van der Waals surface area contributed by atoms with Crippen molar-refractivity contribution in [2.75, 3.05) is 54.1 Å². The number of allylic oxidation sites excluding steroid dienone is 1. The van der Waals surface area contributed by atoms with Gasteiger partial charge in [0.1, 0.15) is 25.9 Å².